The lowest BCUT2D eigenvalue weighted by Gasteiger charge is -2.31. The van der Waals surface area contributed by atoms with Crippen molar-refractivity contribution in [2.45, 2.75) is 32.8 Å². The number of halogens is 1. The van der Waals surface area contributed by atoms with Crippen LogP contribution in [0, 0.1) is 11.7 Å². The molecule has 1 aliphatic heterocycles. The highest BCUT2D eigenvalue weighted by molar-refractivity contribution is 5.97. The van der Waals surface area contributed by atoms with Gasteiger partial charge in [-0.3, -0.25) is 4.79 Å². The van der Waals surface area contributed by atoms with Crippen LogP contribution in [-0.2, 0) is 9.63 Å². The third-order valence-corrected chi connectivity index (χ3v) is 3.89. The predicted octanol–water partition coefficient (Wildman–Crippen LogP) is 2.11. The molecular formula is C16H22FN3O2. The molecule has 120 valence electrons. The number of carbonyl (C=O) groups is 1. The van der Waals surface area contributed by atoms with Gasteiger partial charge in [-0.1, -0.05) is 12.1 Å². The molecule has 22 heavy (non-hydrogen) atoms. The first-order valence-electron chi connectivity index (χ1n) is 7.51. The maximum Gasteiger partial charge on any atom is 0.266 e. The molecule has 1 aliphatic rings. The lowest BCUT2D eigenvalue weighted by molar-refractivity contribution is -0.143. The third kappa shape index (κ3) is 4.19. The number of likely N-dealkylation sites (tertiary alicyclic amines) is 1. The molecular weight excluding hydrogens is 285 g/mol. The zero-order valence-corrected chi connectivity index (χ0v) is 13.0. The fourth-order valence-corrected chi connectivity index (χ4v) is 2.34. The lowest BCUT2D eigenvalue weighted by atomic mass is 9.99. The van der Waals surface area contributed by atoms with E-state index in [0.717, 1.165) is 25.9 Å². The Morgan fingerprint density at radius 3 is 2.55 bits per heavy atom. The van der Waals surface area contributed by atoms with E-state index in [1.54, 1.807) is 11.8 Å². The second-order valence-corrected chi connectivity index (χ2v) is 5.74. The summed E-state index contributed by atoms with van der Waals surface area (Å²) < 4.78 is 12.8. The molecule has 0 saturated carbocycles. The minimum Gasteiger partial charge on any atom is -0.381 e. The van der Waals surface area contributed by atoms with Crippen molar-refractivity contribution >= 4 is 11.7 Å². The number of benzene rings is 1. The topological polar surface area (TPSA) is 67.9 Å². The van der Waals surface area contributed by atoms with Gasteiger partial charge in [0.05, 0.1) is 0 Å². The molecule has 1 fully saturated rings. The van der Waals surface area contributed by atoms with Crippen LogP contribution >= 0.6 is 0 Å². The van der Waals surface area contributed by atoms with Gasteiger partial charge in [-0.15, -0.1) is 0 Å². The molecule has 2 N–H and O–H groups in total. The fourth-order valence-electron chi connectivity index (χ4n) is 2.34. The van der Waals surface area contributed by atoms with Crippen molar-refractivity contribution in [2.75, 3.05) is 13.1 Å². The van der Waals surface area contributed by atoms with Gasteiger partial charge in [-0.25, -0.2) is 4.39 Å². The smallest absolute Gasteiger partial charge is 0.266 e. The van der Waals surface area contributed by atoms with E-state index in [0.29, 0.717) is 11.5 Å². The van der Waals surface area contributed by atoms with Crippen molar-refractivity contribution in [3.8, 4) is 0 Å². The number of amides is 1. The van der Waals surface area contributed by atoms with Crippen molar-refractivity contribution < 1.29 is 14.0 Å². The summed E-state index contributed by atoms with van der Waals surface area (Å²) in [6.07, 6.45) is 1.34. The first-order valence-corrected chi connectivity index (χ1v) is 7.51. The van der Waals surface area contributed by atoms with Crippen molar-refractivity contribution in [3.05, 3.63) is 35.6 Å². The normalized spacial score (nSPS) is 18.1. The number of oxime groups is 1. The molecule has 0 radical (unpaired) electrons. The predicted molar refractivity (Wildman–Crippen MR) is 82.6 cm³/mol. The Labute approximate surface area is 129 Å². The standard InChI is InChI=1S/C16H22FN3O2/c1-11-7-9-20(10-8-11)16(21)12(2)22-19-15(18)13-3-5-14(17)6-4-13/h3-6,11-12H,7-10H2,1-2H3,(H2,18,19). The maximum absolute atomic E-state index is 12.8. The summed E-state index contributed by atoms with van der Waals surface area (Å²) in [4.78, 5) is 19.2. The Morgan fingerprint density at radius 2 is 1.95 bits per heavy atom. The Bertz CT molecular complexity index is 537. The van der Waals surface area contributed by atoms with Crippen molar-refractivity contribution in [1.82, 2.24) is 4.90 Å². The second-order valence-electron chi connectivity index (χ2n) is 5.74. The molecule has 0 bridgehead atoms. The Balaban J connectivity index is 1.90. The summed E-state index contributed by atoms with van der Waals surface area (Å²) in [5.41, 5.74) is 6.32. The van der Waals surface area contributed by atoms with Crippen LogP contribution in [0.2, 0.25) is 0 Å². The van der Waals surface area contributed by atoms with Crippen molar-refractivity contribution in [2.24, 2.45) is 16.8 Å². The first-order chi connectivity index (χ1) is 10.5. The van der Waals surface area contributed by atoms with E-state index in [4.69, 9.17) is 10.6 Å². The Hall–Kier alpha value is -2.11. The SMILES string of the molecule is CC1CCN(C(=O)C(C)O/N=C(\N)c2ccc(F)cc2)CC1. The van der Waals surface area contributed by atoms with Crippen LogP contribution in [0.5, 0.6) is 0 Å². The van der Waals surface area contributed by atoms with Gasteiger partial charge in [-0.2, -0.15) is 0 Å². The van der Waals surface area contributed by atoms with E-state index < -0.39 is 6.10 Å². The highest BCUT2D eigenvalue weighted by atomic mass is 19.1. The van der Waals surface area contributed by atoms with E-state index >= 15 is 0 Å². The molecule has 1 aromatic carbocycles. The van der Waals surface area contributed by atoms with Crippen LogP contribution in [0.15, 0.2) is 29.4 Å². The fraction of sp³-hybridized carbons (Fsp3) is 0.500. The molecule has 1 unspecified atom stereocenters. The van der Waals surface area contributed by atoms with E-state index in [9.17, 15) is 9.18 Å². The lowest BCUT2D eigenvalue weighted by Crippen LogP contribution is -2.43. The number of rotatable bonds is 4. The van der Waals surface area contributed by atoms with Gasteiger partial charge in [0.15, 0.2) is 5.84 Å². The summed E-state index contributed by atoms with van der Waals surface area (Å²) in [6, 6.07) is 5.61. The second kappa shape index (κ2) is 7.24. The molecule has 2 rings (SSSR count). The van der Waals surface area contributed by atoms with Gasteiger partial charge >= 0.3 is 0 Å². The van der Waals surface area contributed by atoms with Crippen LogP contribution in [0.4, 0.5) is 4.39 Å². The average Bonchev–Trinajstić information content (AvgIpc) is 2.53. The quantitative estimate of drug-likeness (QED) is 0.526. The van der Waals surface area contributed by atoms with E-state index in [2.05, 4.69) is 12.1 Å². The average molecular weight is 307 g/mol. The summed E-state index contributed by atoms with van der Waals surface area (Å²) in [5.74, 6) is 0.349. The van der Waals surface area contributed by atoms with Crippen LogP contribution in [0.3, 0.4) is 0 Å². The Kier molecular flexibility index (Phi) is 5.35. The highest BCUT2D eigenvalue weighted by Crippen LogP contribution is 2.17. The molecule has 1 amide bonds. The summed E-state index contributed by atoms with van der Waals surface area (Å²) >= 11 is 0. The van der Waals surface area contributed by atoms with E-state index in [1.807, 2.05) is 0 Å². The molecule has 6 heteroatoms. The van der Waals surface area contributed by atoms with Gasteiger partial charge in [0, 0.05) is 18.7 Å². The zero-order valence-electron chi connectivity index (χ0n) is 13.0. The van der Waals surface area contributed by atoms with E-state index in [1.165, 1.54) is 24.3 Å². The molecule has 0 spiro atoms. The summed E-state index contributed by atoms with van der Waals surface area (Å²) in [7, 11) is 0. The van der Waals surface area contributed by atoms with Gasteiger partial charge in [0.2, 0.25) is 6.10 Å². The van der Waals surface area contributed by atoms with Crippen LogP contribution in [0.25, 0.3) is 0 Å². The molecule has 1 saturated heterocycles. The number of piperidine rings is 1. The summed E-state index contributed by atoms with van der Waals surface area (Å²) in [6.45, 7) is 5.35. The minimum atomic E-state index is -0.688. The molecule has 1 heterocycles. The molecule has 1 aromatic rings. The molecule has 0 aliphatic carbocycles. The summed E-state index contributed by atoms with van der Waals surface area (Å²) in [5, 5.41) is 3.78. The van der Waals surface area contributed by atoms with Gasteiger partial charge in [-0.05, 0) is 49.9 Å². The highest BCUT2D eigenvalue weighted by Gasteiger charge is 2.25. The van der Waals surface area contributed by atoms with Crippen molar-refractivity contribution in [1.29, 1.82) is 0 Å². The first kappa shape index (κ1) is 16.3. The monoisotopic (exact) mass is 307 g/mol. The van der Waals surface area contributed by atoms with Gasteiger partial charge < -0.3 is 15.5 Å². The number of hydrogen-bond donors (Lipinski definition) is 1. The molecule has 0 aromatic heterocycles. The molecule has 1 atom stereocenters. The van der Waals surface area contributed by atoms with Crippen LogP contribution < -0.4 is 5.73 Å². The minimum absolute atomic E-state index is 0.0810. The van der Waals surface area contributed by atoms with Crippen LogP contribution in [0.1, 0.15) is 32.3 Å². The van der Waals surface area contributed by atoms with Gasteiger partial charge in [0.25, 0.3) is 5.91 Å². The number of amidine groups is 1. The third-order valence-electron chi connectivity index (χ3n) is 3.89. The zero-order chi connectivity index (χ0) is 16.1. The maximum atomic E-state index is 12.8. The Morgan fingerprint density at radius 1 is 1.36 bits per heavy atom. The molecule has 5 nitrogen and oxygen atoms in total. The number of carbonyl (C=O) groups excluding carboxylic acids is 1. The number of nitrogens with two attached hydrogens (primary N) is 1. The largest absolute Gasteiger partial charge is 0.381 e. The number of nitrogens with zero attached hydrogens (tertiary/aromatic N) is 2. The van der Waals surface area contributed by atoms with Crippen molar-refractivity contribution in [3.63, 3.8) is 0 Å². The number of hydrogen-bond acceptors (Lipinski definition) is 3. The van der Waals surface area contributed by atoms with Crippen LogP contribution in [-0.4, -0.2) is 35.8 Å². The van der Waals surface area contributed by atoms with Gasteiger partial charge in [0.1, 0.15) is 5.82 Å². The van der Waals surface area contributed by atoms with E-state index in [-0.39, 0.29) is 17.6 Å².